The number of carbonyl (C=O) groups excluding carboxylic acids is 1. The highest BCUT2D eigenvalue weighted by molar-refractivity contribution is 5.94. The smallest absolute Gasteiger partial charge is 0.303 e. The predicted molar refractivity (Wildman–Crippen MR) is 95.8 cm³/mol. The molecule has 4 heteroatoms. The van der Waals surface area contributed by atoms with Crippen molar-refractivity contribution in [2.45, 2.75) is 77.2 Å². The SMILES string of the molecule is CCCCCC(O)C=C[C@H]1C=CC(=O)[C@@H]1CCCCCCC(=O)O. The first-order chi connectivity index (χ1) is 11.5. The van der Waals surface area contributed by atoms with Gasteiger partial charge in [0.1, 0.15) is 0 Å². The minimum absolute atomic E-state index is 0.0106. The maximum absolute atomic E-state index is 12.0. The van der Waals surface area contributed by atoms with E-state index < -0.39 is 12.1 Å². The van der Waals surface area contributed by atoms with E-state index in [-0.39, 0.29) is 24.0 Å². The van der Waals surface area contributed by atoms with E-state index in [2.05, 4.69) is 6.92 Å². The van der Waals surface area contributed by atoms with Crippen LogP contribution in [0.25, 0.3) is 0 Å². The summed E-state index contributed by atoms with van der Waals surface area (Å²) in [5.41, 5.74) is 0. The maximum Gasteiger partial charge on any atom is 0.303 e. The molecule has 2 N–H and O–H groups in total. The number of hydrogen-bond acceptors (Lipinski definition) is 3. The summed E-state index contributed by atoms with van der Waals surface area (Å²) < 4.78 is 0. The first-order valence-corrected chi connectivity index (χ1v) is 9.34. The summed E-state index contributed by atoms with van der Waals surface area (Å²) in [6, 6.07) is 0. The number of hydrogen-bond donors (Lipinski definition) is 2. The van der Waals surface area contributed by atoms with Crippen molar-refractivity contribution in [3.63, 3.8) is 0 Å². The first-order valence-electron chi connectivity index (χ1n) is 9.34. The average Bonchev–Trinajstić information content (AvgIpc) is 2.89. The van der Waals surface area contributed by atoms with Crippen molar-refractivity contribution in [2.75, 3.05) is 0 Å². The molecule has 1 aliphatic rings. The molecule has 0 aromatic heterocycles. The third-order valence-electron chi connectivity index (χ3n) is 4.63. The molecule has 0 aromatic carbocycles. The van der Waals surface area contributed by atoms with E-state index in [0.29, 0.717) is 6.42 Å². The number of aliphatic hydroxyl groups is 1. The molecule has 4 nitrogen and oxygen atoms in total. The molecule has 0 saturated heterocycles. The summed E-state index contributed by atoms with van der Waals surface area (Å²) in [6.07, 6.45) is 15.7. The number of carboxylic acids is 1. The fourth-order valence-corrected chi connectivity index (χ4v) is 3.14. The van der Waals surface area contributed by atoms with Crippen molar-refractivity contribution in [1.82, 2.24) is 0 Å². The van der Waals surface area contributed by atoms with Gasteiger partial charge in [-0.25, -0.2) is 0 Å². The summed E-state index contributed by atoms with van der Waals surface area (Å²) in [6.45, 7) is 2.14. The van der Waals surface area contributed by atoms with Gasteiger partial charge in [-0.15, -0.1) is 0 Å². The lowest BCUT2D eigenvalue weighted by atomic mass is 9.88. The Morgan fingerprint density at radius 3 is 2.67 bits per heavy atom. The molecule has 0 spiro atoms. The van der Waals surface area contributed by atoms with E-state index in [1.807, 2.05) is 18.2 Å². The number of allylic oxidation sites excluding steroid dienone is 3. The number of carboxylic acid groups (broad SMARTS) is 1. The zero-order valence-electron chi connectivity index (χ0n) is 14.8. The van der Waals surface area contributed by atoms with Crippen molar-refractivity contribution in [3.8, 4) is 0 Å². The molecular weight excluding hydrogens is 304 g/mol. The van der Waals surface area contributed by atoms with Crippen LogP contribution >= 0.6 is 0 Å². The van der Waals surface area contributed by atoms with Gasteiger partial charge in [0.25, 0.3) is 0 Å². The molecule has 0 saturated carbocycles. The number of rotatable bonds is 13. The molecule has 0 aromatic rings. The maximum atomic E-state index is 12.0. The monoisotopic (exact) mass is 336 g/mol. The molecular formula is C20H32O4. The van der Waals surface area contributed by atoms with Crippen LogP contribution in [0.1, 0.15) is 71.1 Å². The van der Waals surface area contributed by atoms with E-state index in [4.69, 9.17) is 5.11 Å². The van der Waals surface area contributed by atoms with Gasteiger partial charge in [-0.1, -0.05) is 63.7 Å². The molecule has 3 atom stereocenters. The Morgan fingerprint density at radius 1 is 1.21 bits per heavy atom. The van der Waals surface area contributed by atoms with E-state index in [0.717, 1.165) is 51.4 Å². The Hall–Kier alpha value is -1.42. The minimum atomic E-state index is -0.743. The highest BCUT2D eigenvalue weighted by atomic mass is 16.4. The van der Waals surface area contributed by atoms with Gasteiger partial charge in [-0.05, 0) is 25.3 Å². The standard InChI is InChI=1S/C20H32O4/c1-2-3-6-9-17(21)14-12-16-13-15-19(22)18(16)10-7-4-5-8-11-20(23)24/h12-18,21H,2-11H2,1H3,(H,23,24)/t16-,17?,18+/m0/s1. The van der Waals surface area contributed by atoms with Crippen molar-refractivity contribution in [3.05, 3.63) is 24.3 Å². The quantitative estimate of drug-likeness (QED) is 0.389. The van der Waals surface area contributed by atoms with Crippen LogP contribution in [-0.2, 0) is 9.59 Å². The predicted octanol–water partition coefficient (Wildman–Crippen LogP) is 4.28. The van der Waals surface area contributed by atoms with E-state index in [1.54, 1.807) is 6.08 Å². The van der Waals surface area contributed by atoms with Crippen molar-refractivity contribution in [1.29, 1.82) is 0 Å². The normalized spacial score (nSPS) is 21.7. The lowest BCUT2D eigenvalue weighted by Gasteiger charge is -2.15. The van der Waals surface area contributed by atoms with Gasteiger partial charge in [0.05, 0.1) is 6.10 Å². The molecule has 0 amide bonds. The lowest BCUT2D eigenvalue weighted by molar-refractivity contribution is -0.137. The highest BCUT2D eigenvalue weighted by Crippen LogP contribution is 2.29. The van der Waals surface area contributed by atoms with Crippen LogP contribution in [-0.4, -0.2) is 28.1 Å². The Labute approximate surface area is 145 Å². The van der Waals surface area contributed by atoms with Crippen LogP contribution in [0.3, 0.4) is 0 Å². The van der Waals surface area contributed by atoms with Gasteiger partial charge < -0.3 is 10.2 Å². The number of aliphatic carboxylic acids is 1. The molecule has 0 fully saturated rings. The number of carbonyl (C=O) groups is 2. The summed E-state index contributed by atoms with van der Waals surface area (Å²) in [5, 5.41) is 18.6. The Kier molecular flexibility index (Phi) is 10.3. The van der Waals surface area contributed by atoms with Crippen LogP contribution in [0.2, 0.25) is 0 Å². The minimum Gasteiger partial charge on any atom is -0.481 e. The largest absolute Gasteiger partial charge is 0.481 e. The second-order valence-electron chi connectivity index (χ2n) is 6.74. The topological polar surface area (TPSA) is 74.6 Å². The molecule has 0 aliphatic heterocycles. The van der Waals surface area contributed by atoms with Crippen LogP contribution in [0.15, 0.2) is 24.3 Å². The fraction of sp³-hybridized carbons (Fsp3) is 0.700. The second kappa shape index (κ2) is 12.0. The van der Waals surface area contributed by atoms with Gasteiger partial charge in [-0.2, -0.15) is 0 Å². The molecule has 1 unspecified atom stereocenters. The van der Waals surface area contributed by atoms with Gasteiger partial charge in [-0.3, -0.25) is 9.59 Å². The Morgan fingerprint density at radius 2 is 1.96 bits per heavy atom. The van der Waals surface area contributed by atoms with Gasteiger partial charge in [0.15, 0.2) is 5.78 Å². The summed E-state index contributed by atoms with van der Waals surface area (Å²) in [5.74, 6) is -0.482. The molecule has 0 bridgehead atoms. The summed E-state index contributed by atoms with van der Waals surface area (Å²) >= 11 is 0. The number of unbranched alkanes of at least 4 members (excludes halogenated alkanes) is 5. The van der Waals surface area contributed by atoms with Crippen LogP contribution in [0.5, 0.6) is 0 Å². The molecule has 0 heterocycles. The third kappa shape index (κ3) is 8.44. The third-order valence-corrected chi connectivity index (χ3v) is 4.63. The van der Waals surface area contributed by atoms with E-state index in [1.165, 1.54) is 0 Å². The summed E-state index contributed by atoms with van der Waals surface area (Å²) in [4.78, 5) is 22.4. The van der Waals surface area contributed by atoms with E-state index >= 15 is 0 Å². The van der Waals surface area contributed by atoms with E-state index in [9.17, 15) is 14.7 Å². The lowest BCUT2D eigenvalue weighted by Crippen LogP contribution is -2.15. The van der Waals surface area contributed by atoms with Crippen molar-refractivity contribution >= 4 is 11.8 Å². The van der Waals surface area contributed by atoms with Crippen molar-refractivity contribution in [2.24, 2.45) is 11.8 Å². The van der Waals surface area contributed by atoms with Crippen LogP contribution < -0.4 is 0 Å². The molecule has 24 heavy (non-hydrogen) atoms. The van der Waals surface area contributed by atoms with Gasteiger partial charge in [0, 0.05) is 18.3 Å². The Balaban J connectivity index is 2.29. The molecule has 0 radical (unpaired) electrons. The average molecular weight is 336 g/mol. The zero-order chi connectivity index (χ0) is 17.8. The second-order valence-corrected chi connectivity index (χ2v) is 6.74. The number of aliphatic hydroxyl groups excluding tert-OH is 1. The number of ketones is 1. The van der Waals surface area contributed by atoms with Crippen LogP contribution in [0.4, 0.5) is 0 Å². The zero-order valence-corrected chi connectivity index (χ0v) is 14.8. The molecule has 1 aliphatic carbocycles. The van der Waals surface area contributed by atoms with Crippen LogP contribution in [0, 0.1) is 11.8 Å². The fourth-order valence-electron chi connectivity index (χ4n) is 3.14. The molecule has 136 valence electrons. The van der Waals surface area contributed by atoms with Gasteiger partial charge in [0.2, 0.25) is 0 Å². The van der Waals surface area contributed by atoms with Crippen molar-refractivity contribution < 1.29 is 19.8 Å². The highest BCUT2D eigenvalue weighted by Gasteiger charge is 2.27. The summed E-state index contributed by atoms with van der Waals surface area (Å²) in [7, 11) is 0. The van der Waals surface area contributed by atoms with Gasteiger partial charge >= 0.3 is 5.97 Å². The Bertz CT molecular complexity index is 439. The first kappa shape index (κ1) is 20.6. The molecule has 1 rings (SSSR count).